The molecule has 8 nitrogen and oxygen atoms in total. The highest BCUT2D eigenvalue weighted by Crippen LogP contribution is 2.21. The lowest BCUT2D eigenvalue weighted by Gasteiger charge is -2.14. The van der Waals surface area contributed by atoms with E-state index in [0.29, 0.717) is 5.75 Å². The number of non-ortho nitro benzene ring substituents is 1. The van der Waals surface area contributed by atoms with Crippen LogP contribution in [0.15, 0.2) is 18.2 Å². The van der Waals surface area contributed by atoms with E-state index in [1.165, 1.54) is 18.4 Å². The molecule has 0 heterocycles. The van der Waals surface area contributed by atoms with E-state index in [1.807, 2.05) is 0 Å². The lowest BCUT2D eigenvalue weighted by molar-refractivity contribution is -0.384. The smallest absolute Gasteiger partial charge is 0.270 e. The molecule has 1 amide bonds. The van der Waals surface area contributed by atoms with Crippen molar-refractivity contribution in [2.45, 2.75) is 13.0 Å². The van der Waals surface area contributed by atoms with Crippen molar-refractivity contribution < 1.29 is 13.9 Å². The van der Waals surface area contributed by atoms with Crippen molar-refractivity contribution in [3.8, 4) is 0 Å². The van der Waals surface area contributed by atoms with Gasteiger partial charge in [0.1, 0.15) is 0 Å². The van der Waals surface area contributed by atoms with Gasteiger partial charge in [0.15, 0.2) is 0 Å². The number of nitrogens with one attached hydrogen (secondary N) is 2. The molecule has 0 bridgehead atoms. The van der Waals surface area contributed by atoms with Crippen LogP contribution in [0.2, 0.25) is 0 Å². The molecule has 0 radical (unpaired) electrons. The van der Waals surface area contributed by atoms with E-state index < -0.39 is 21.6 Å². The highest BCUT2D eigenvalue weighted by Gasteiger charge is 2.18. The Hall–Kier alpha value is -2.00. The molecule has 0 saturated heterocycles. The molecule has 1 aromatic rings. The molecule has 110 valence electrons. The number of hydrogen-bond acceptors (Lipinski definition) is 6. The Morgan fingerprint density at radius 2 is 2.20 bits per heavy atom. The largest absolute Gasteiger partial charge is 0.349 e. The highest BCUT2D eigenvalue weighted by molar-refractivity contribution is 7.84. The topological polar surface area (TPSA) is 127 Å². The number of anilines is 1. The predicted octanol–water partition coefficient (Wildman–Crippen LogP) is 0.377. The zero-order valence-electron chi connectivity index (χ0n) is 11.1. The van der Waals surface area contributed by atoms with Crippen LogP contribution in [0.1, 0.15) is 17.3 Å². The van der Waals surface area contributed by atoms with E-state index in [2.05, 4.69) is 10.7 Å². The van der Waals surface area contributed by atoms with Crippen molar-refractivity contribution in [1.29, 1.82) is 0 Å². The number of nitrogen functional groups attached to an aromatic ring is 1. The van der Waals surface area contributed by atoms with Gasteiger partial charge < -0.3 is 10.7 Å². The standard InChI is InChI=1S/C11H16N4O4S/c1-7(6-20(2)19)13-11(16)9-5-8(15(17)18)3-4-10(9)14-12/h3-5,7,14H,6,12H2,1-2H3,(H,13,16). The molecule has 0 fully saturated rings. The first kappa shape index (κ1) is 16.1. The number of nitro groups is 1. The Labute approximate surface area is 118 Å². The molecule has 4 N–H and O–H groups in total. The molecular formula is C11H16N4O4S. The number of amides is 1. The third-order valence-electron chi connectivity index (χ3n) is 2.48. The fraction of sp³-hybridized carbons (Fsp3) is 0.364. The predicted molar refractivity (Wildman–Crippen MR) is 76.8 cm³/mol. The molecule has 20 heavy (non-hydrogen) atoms. The van der Waals surface area contributed by atoms with Crippen LogP contribution in [-0.2, 0) is 10.8 Å². The number of carbonyl (C=O) groups is 1. The molecule has 0 saturated carbocycles. The minimum atomic E-state index is -1.05. The van der Waals surface area contributed by atoms with Crippen molar-refractivity contribution in [3.63, 3.8) is 0 Å². The summed E-state index contributed by atoms with van der Waals surface area (Å²) < 4.78 is 11.1. The highest BCUT2D eigenvalue weighted by atomic mass is 32.2. The Balaban J connectivity index is 2.98. The summed E-state index contributed by atoms with van der Waals surface area (Å²) in [4.78, 5) is 22.2. The van der Waals surface area contributed by atoms with Gasteiger partial charge in [0, 0.05) is 41.0 Å². The van der Waals surface area contributed by atoms with Crippen molar-refractivity contribution in [1.82, 2.24) is 5.32 Å². The number of nitrogens with zero attached hydrogens (tertiary/aromatic N) is 1. The van der Waals surface area contributed by atoms with Crippen LogP contribution in [0, 0.1) is 10.1 Å². The minimum Gasteiger partial charge on any atom is -0.349 e. The summed E-state index contributed by atoms with van der Waals surface area (Å²) in [6.07, 6.45) is 1.53. The SMILES string of the molecule is CC(CS(C)=O)NC(=O)c1cc([N+](=O)[O-])ccc1NN. The van der Waals surface area contributed by atoms with Crippen LogP contribution in [0.3, 0.4) is 0 Å². The van der Waals surface area contributed by atoms with Crippen LogP contribution >= 0.6 is 0 Å². The number of carbonyl (C=O) groups excluding carboxylic acids is 1. The second kappa shape index (κ2) is 6.96. The molecule has 0 aromatic heterocycles. The molecule has 1 rings (SSSR count). The van der Waals surface area contributed by atoms with Crippen LogP contribution in [0.4, 0.5) is 11.4 Å². The van der Waals surface area contributed by atoms with E-state index >= 15 is 0 Å². The molecule has 2 unspecified atom stereocenters. The van der Waals surface area contributed by atoms with Crippen LogP contribution in [-0.4, -0.2) is 33.1 Å². The average Bonchev–Trinajstić information content (AvgIpc) is 2.36. The van der Waals surface area contributed by atoms with E-state index in [-0.39, 0.29) is 23.0 Å². The molecule has 0 aliphatic rings. The second-order valence-corrected chi connectivity index (χ2v) is 5.73. The summed E-state index contributed by atoms with van der Waals surface area (Å²) in [5.41, 5.74) is 2.45. The van der Waals surface area contributed by atoms with Gasteiger partial charge in [0.25, 0.3) is 11.6 Å². The Bertz CT molecular complexity index is 549. The summed E-state index contributed by atoms with van der Waals surface area (Å²) >= 11 is 0. The van der Waals surface area contributed by atoms with Gasteiger partial charge in [0.2, 0.25) is 0 Å². The molecule has 0 aliphatic carbocycles. The van der Waals surface area contributed by atoms with Crippen molar-refractivity contribution in [2.75, 3.05) is 17.4 Å². The Kier molecular flexibility index (Phi) is 5.59. The molecule has 0 aliphatic heterocycles. The summed E-state index contributed by atoms with van der Waals surface area (Å²) in [5, 5.41) is 13.3. The number of hydrogen-bond donors (Lipinski definition) is 3. The van der Waals surface area contributed by atoms with E-state index in [0.717, 1.165) is 6.07 Å². The van der Waals surface area contributed by atoms with Gasteiger partial charge in [-0.1, -0.05) is 0 Å². The maximum atomic E-state index is 12.1. The third kappa shape index (κ3) is 4.28. The zero-order chi connectivity index (χ0) is 15.3. The Morgan fingerprint density at radius 1 is 1.55 bits per heavy atom. The maximum absolute atomic E-state index is 12.1. The van der Waals surface area contributed by atoms with Crippen molar-refractivity contribution >= 4 is 28.1 Å². The van der Waals surface area contributed by atoms with Gasteiger partial charge in [-0.3, -0.25) is 25.0 Å². The van der Waals surface area contributed by atoms with Crippen molar-refractivity contribution in [2.24, 2.45) is 5.84 Å². The van der Waals surface area contributed by atoms with Gasteiger partial charge in [-0.2, -0.15) is 0 Å². The quantitative estimate of drug-likeness (QED) is 0.396. The van der Waals surface area contributed by atoms with Crippen LogP contribution < -0.4 is 16.6 Å². The maximum Gasteiger partial charge on any atom is 0.270 e. The lowest BCUT2D eigenvalue weighted by atomic mass is 10.1. The number of nitrogens with two attached hydrogens (primary N) is 1. The summed E-state index contributed by atoms with van der Waals surface area (Å²) in [6, 6.07) is 3.42. The van der Waals surface area contributed by atoms with Gasteiger partial charge >= 0.3 is 0 Å². The number of hydrazine groups is 1. The molecular weight excluding hydrogens is 284 g/mol. The van der Waals surface area contributed by atoms with Gasteiger partial charge in [0.05, 0.1) is 16.2 Å². The normalized spacial score (nSPS) is 13.3. The summed E-state index contributed by atoms with van der Waals surface area (Å²) in [5.74, 6) is 5.06. The fourth-order valence-electron chi connectivity index (χ4n) is 1.65. The van der Waals surface area contributed by atoms with Gasteiger partial charge in [-0.05, 0) is 13.0 Å². The minimum absolute atomic E-state index is 0.0652. The number of nitro benzene ring substituents is 1. The summed E-state index contributed by atoms with van der Waals surface area (Å²) in [7, 11) is -1.05. The monoisotopic (exact) mass is 300 g/mol. The van der Waals surface area contributed by atoms with E-state index in [4.69, 9.17) is 5.84 Å². The van der Waals surface area contributed by atoms with Gasteiger partial charge in [-0.25, -0.2) is 0 Å². The summed E-state index contributed by atoms with van der Waals surface area (Å²) in [6.45, 7) is 1.70. The van der Waals surface area contributed by atoms with Crippen molar-refractivity contribution in [3.05, 3.63) is 33.9 Å². The molecule has 2 atom stereocenters. The van der Waals surface area contributed by atoms with Crippen LogP contribution in [0.25, 0.3) is 0 Å². The molecule has 9 heteroatoms. The van der Waals surface area contributed by atoms with E-state index in [1.54, 1.807) is 6.92 Å². The zero-order valence-corrected chi connectivity index (χ0v) is 11.9. The first-order valence-electron chi connectivity index (χ1n) is 5.71. The number of benzene rings is 1. The third-order valence-corrected chi connectivity index (χ3v) is 3.45. The second-order valence-electron chi connectivity index (χ2n) is 4.25. The first-order chi connectivity index (χ1) is 9.35. The lowest BCUT2D eigenvalue weighted by Crippen LogP contribution is -2.36. The fourth-order valence-corrected chi connectivity index (χ4v) is 2.44. The molecule has 1 aromatic carbocycles. The number of rotatable bonds is 6. The average molecular weight is 300 g/mol. The van der Waals surface area contributed by atoms with E-state index in [9.17, 15) is 19.1 Å². The first-order valence-corrected chi connectivity index (χ1v) is 7.43. The van der Waals surface area contributed by atoms with Crippen LogP contribution in [0.5, 0.6) is 0 Å². The van der Waals surface area contributed by atoms with Gasteiger partial charge in [-0.15, -0.1) is 0 Å². The Morgan fingerprint density at radius 3 is 2.70 bits per heavy atom. The molecule has 0 spiro atoms.